The largest absolute Gasteiger partial charge is 0.509 e. The maximum atomic E-state index is 12.0. The lowest BCUT2D eigenvalue weighted by molar-refractivity contribution is -0.139. The lowest BCUT2D eigenvalue weighted by Crippen LogP contribution is -2.43. The van der Waals surface area contributed by atoms with Gasteiger partial charge in [-0.2, -0.15) is 0 Å². The molecule has 0 aliphatic heterocycles. The van der Waals surface area contributed by atoms with Crippen molar-refractivity contribution in [2.45, 2.75) is 91.4 Å². The van der Waals surface area contributed by atoms with Crippen molar-refractivity contribution in [3.05, 3.63) is 23.8 Å². The van der Waals surface area contributed by atoms with Gasteiger partial charge in [0.15, 0.2) is 11.5 Å². The van der Waals surface area contributed by atoms with Crippen molar-refractivity contribution in [3.63, 3.8) is 0 Å². The highest BCUT2D eigenvalue weighted by Gasteiger charge is 2.23. The molecule has 0 bridgehead atoms. The fourth-order valence-electron chi connectivity index (χ4n) is 2.87. The van der Waals surface area contributed by atoms with Crippen LogP contribution in [0.1, 0.15) is 72.8 Å². The molecule has 0 fully saturated rings. The van der Waals surface area contributed by atoms with Crippen LogP contribution in [0, 0.1) is 0 Å². The van der Waals surface area contributed by atoms with Crippen LogP contribution < -0.4 is 14.8 Å². The first-order valence-corrected chi connectivity index (χ1v) is 11.7. The summed E-state index contributed by atoms with van der Waals surface area (Å²) in [6.07, 6.45) is 0.126. The Kier molecular flexibility index (Phi) is 12.2. The molecule has 0 saturated heterocycles. The molecule has 0 radical (unpaired) electrons. The second-order valence-electron chi connectivity index (χ2n) is 9.13. The number of hydrogen-bond donors (Lipinski definition) is 2. The highest BCUT2D eigenvalue weighted by molar-refractivity contribution is 5.77. The first-order valence-electron chi connectivity index (χ1n) is 11.7. The van der Waals surface area contributed by atoms with Gasteiger partial charge in [0.05, 0.1) is 0 Å². The third-order valence-electron chi connectivity index (χ3n) is 4.44. The summed E-state index contributed by atoms with van der Waals surface area (Å²) < 4.78 is 20.9. The molecule has 0 saturated carbocycles. The molecule has 1 aromatic carbocycles. The van der Waals surface area contributed by atoms with Gasteiger partial charge < -0.3 is 29.4 Å². The standard InChI is InChI=1S/C25H37NO9/c1-7-9-21(27)33-19-12-11-17(14-20(19)34-22(28)10-8-2)13-18(23(29)30)26-15-16(3)32-24(31)35-25(4,5)6/h11-12,14,16,18,26H,7-10,13,15H2,1-6H3,(H,29,30)/t16?,18-/m0/s1. The number of rotatable bonds is 13. The molecule has 0 heterocycles. The van der Waals surface area contributed by atoms with Gasteiger partial charge in [0.1, 0.15) is 17.7 Å². The van der Waals surface area contributed by atoms with Crippen molar-refractivity contribution < 1.29 is 43.2 Å². The molecule has 2 atom stereocenters. The van der Waals surface area contributed by atoms with Gasteiger partial charge in [-0.05, 0) is 64.7 Å². The van der Waals surface area contributed by atoms with Gasteiger partial charge in [-0.15, -0.1) is 0 Å². The Labute approximate surface area is 206 Å². The molecule has 0 aliphatic carbocycles. The van der Waals surface area contributed by atoms with Crippen LogP contribution in [-0.4, -0.2) is 53.5 Å². The predicted octanol–water partition coefficient (Wildman–Crippen LogP) is 4.02. The number of benzene rings is 1. The van der Waals surface area contributed by atoms with E-state index in [1.807, 2.05) is 13.8 Å². The number of ether oxygens (including phenoxy) is 4. The van der Waals surface area contributed by atoms with Gasteiger partial charge in [0, 0.05) is 19.4 Å². The summed E-state index contributed by atoms with van der Waals surface area (Å²) in [5.74, 6) is -1.92. The maximum absolute atomic E-state index is 12.0. The first kappa shape index (κ1) is 29.9. The van der Waals surface area contributed by atoms with Crippen LogP contribution in [0.25, 0.3) is 0 Å². The van der Waals surface area contributed by atoms with Crippen molar-refractivity contribution in [1.82, 2.24) is 5.32 Å². The van der Waals surface area contributed by atoms with E-state index in [1.54, 1.807) is 33.8 Å². The van der Waals surface area contributed by atoms with Crippen LogP contribution >= 0.6 is 0 Å². The molecule has 10 heteroatoms. The second kappa shape index (κ2) is 14.3. The van der Waals surface area contributed by atoms with Crippen molar-refractivity contribution in [2.75, 3.05) is 6.54 Å². The summed E-state index contributed by atoms with van der Waals surface area (Å²) in [5.41, 5.74) is -0.163. The minimum absolute atomic E-state index is 0.0377. The van der Waals surface area contributed by atoms with Crippen molar-refractivity contribution in [2.24, 2.45) is 0 Å². The summed E-state index contributed by atoms with van der Waals surface area (Å²) in [7, 11) is 0. The smallest absolute Gasteiger partial charge is 0.480 e. The molecular formula is C25H37NO9. The number of carboxylic acid groups (broad SMARTS) is 1. The Morgan fingerprint density at radius 1 is 0.971 bits per heavy atom. The maximum Gasteiger partial charge on any atom is 0.509 e. The quantitative estimate of drug-likeness (QED) is 0.305. The molecule has 35 heavy (non-hydrogen) atoms. The molecular weight excluding hydrogens is 458 g/mol. The van der Waals surface area contributed by atoms with Crippen LogP contribution in [0.5, 0.6) is 11.5 Å². The summed E-state index contributed by atoms with van der Waals surface area (Å²) in [6.45, 7) is 10.5. The zero-order valence-corrected chi connectivity index (χ0v) is 21.3. The molecule has 196 valence electrons. The lowest BCUT2D eigenvalue weighted by atomic mass is 10.0. The summed E-state index contributed by atoms with van der Waals surface area (Å²) in [6, 6.07) is 3.54. The number of hydrogen-bond acceptors (Lipinski definition) is 9. The monoisotopic (exact) mass is 495 g/mol. The number of nitrogens with one attached hydrogen (secondary N) is 1. The van der Waals surface area contributed by atoms with Gasteiger partial charge in [-0.25, -0.2) is 4.79 Å². The Morgan fingerprint density at radius 2 is 1.54 bits per heavy atom. The third kappa shape index (κ3) is 12.2. The number of carbonyl (C=O) groups is 4. The van der Waals surface area contributed by atoms with E-state index in [4.69, 9.17) is 18.9 Å². The van der Waals surface area contributed by atoms with E-state index in [-0.39, 0.29) is 37.3 Å². The van der Waals surface area contributed by atoms with Gasteiger partial charge >= 0.3 is 24.1 Å². The van der Waals surface area contributed by atoms with Gasteiger partial charge in [-0.1, -0.05) is 19.9 Å². The predicted molar refractivity (Wildman–Crippen MR) is 127 cm³/mol. The van der Waals surface area contributed by atoms with Crippen LogP contribution in [0.15, 0.2) is 18.2 Å². The normalized spacial score (nSPS) is 12.9. The Balaban J connectivity index is 2.92. The van der Waals surface area contributed by atoms with Crippen molar-refractivity contribution in [3.8, 4) is 11.5 Å². The van der Waals surface area contributed by atoms with Gasteiger partial charge in [0.2, 0.25) is 0 Å². The third-order valence-corrected chi connectivity index (χ3v) is 4.44. The van der Waals surface area contributed by atoms with Gasteiger partial charge in [0.25, 0.3) is 0 Å². The topological polar surface area (TPSA) is 137 Å². The second-order valence-corrected chi connectivity index (χ2v) is 9.13. The van der Waals surface area contributed by atoms with E-state index in [0.29, 0.717) is 18.4 Å². The Morgan fingerprint density at radius 3 is 2.06 bits per heavy atom. The molecule has 1 aromatic rings. The zero-order valence-electron chi connectivity index (χ0n) is 21.3. The Bertz CT molecular complexity index is 876. The molecule has 1 rings (SSSR count). The van der Waals surface area contributed by atoms with E-state index >= 15 is 0 Å². The number of carbonyl (C=O) groups excluding carboxylic acids is 3. The molecule has 0 spiro atoms. The van der Waals surface area contributed by atoms with E-state index in [0.717, 1.165) is 0 Å². The van der Waals surface area contributed by atoms with E-state index < -0.39 is 41.8 Å². The SMILES string of the molecule is CCCC(=O)Oc1ccc(C[C@H](NCC(C)OC(=O)OC(C)(C)C)C(=O)O)cc1OC(=O)CCC. The fourth-order valence-corrected chi connectivity index (χ4v) is 2.87. The lowest BCUT2D eigenvalue weighted by Gasteiger charge is -2.22. The van der Waals surface area contributed by atoms with E-state index in [2.05, 4.69) is 5.32 Å². The average molecular weight is 496 g/mol. The molecule has 0 amide bonds. The first-order chi connectivity index (χ1) is 16.3. The minimum atomic E-state index is -1.11. The number of esters is 2. The van der Waals surface area contributed by atoms with Crippen LogP contribution in [0.2, 0.25) is 0 Å². The van der Waals surface area contributed by atoms with Crippen LogP contribution in [-0.2, 0) is 30.3 Å². The summed E-state index contributed by atoms with van der Waals surface area (Å²) >= 11 is 0. The van der Waals surface area contributed by atoms with E-state index in [1.165, 1.54) is 12.1 Å². The van der Waals surface area contributed by atoms with Crippen LogP contribution in [0.3, 0.4) is 0 Å². The molecule has 0 aliphatic rings. The minimum Gasteiger partial charge on any atom is -0.480 e. The Hall–Kier alpha value is -3.14. The average Bonchev–Trinajstić information content (AvgIpc) is 2.71. The van der Waals surface area contributed by atoms with Crippen molar-refractivity contribution in [1.29, 1.82) is 0 Å². The molecule has 10 nitrogen and oxygen atoms in total. The highest BCUT2D eigenvalue weighted by atomic mass is 16.7. The number of aliphatic carboxylic acids is 1. The van der Waals surface area contributed by atoms with Gasteiger partial charge in [-0.3, -0.25) is 14.4 Å². The zero-order chi connectivity index (χ0) is 26.6. The number of carboxylic acids is 1. The van der Waals surface area contributed by atoms with E-state index in [9.17, 15) is 24.3 Å². The molecule has 1 unspecified atom stereocenters. The summed E-state index contributed by atoms with van der Waals surface area (Å²) in [5, 5.41) is 12.5. The highest BCUT2D eigenvalue weighted by Crippen LogP contribution is 2.30. The van der Waals surface area contributed by atoms with Crippen molar-refractivity contribution >= 4 is 24.1 Å². The summed E-state index contributed by atoms with van der Waals surface area (Å²) in [4.78, 5) is 47.6. The fraction of sp³-hybridized carbons (Fsp3) is 0.600. The molecule has 2 N–H and O–H groups in total. The van der Waals surface area contributed by atoms with Crippen LogP contribution in [0.4, 0.5) is 4.79 Å². The molecule has 0 aromatic heterocycles.